The highest BCUT2D eigenvalue weighted by Gasteiger charge is 2.51. The minimum Gasteiger partial charge on any atom is -0.490 e. The Morgan fingerprint density at radius 3 is 2.42 bits per heavy atom. The Morgan fingerprint density at radius 2 is 1.76 bits per heavy atom. The molecule has 4 aliphatic carbocycles. The van der Waals surface area contributed by atoms with Crippen LogP contribution in [0.1, 0.15) is 102 Å². The molecule has 0 radical (unpaired) electrons. The molecule has 7 heteroatoms. The molecule has 0 heterocycles. The SMILES string of the molecule is CC1CCC(Oc2cc(C(=O)NC3C4CCC(C4)C3C(=O)NCC3(C)CCC3)c(OC(C)C)cc2F)CC1. The number of hydrogen-bond acceptors (Lipinski definition) is 4. The van der Waals surface area contributed by atoms with Crippen LogP contribution >= 0.6 is 0 Å². The molecule has 4 saturated carbocycles. The molecule has 4 unspecified atom stereocenters. The van der Waals surface area contributed by atoms with Crippen molar-refractivity contribution in [2.75, 3.05) is 6.54 Å². The summed E-state index contributed by atoms with van der Waals surface area (Å²) >= 11 is 0. The molecule has 0 saturated heterocycles. The standard InChI is InChI=1S/C31H45FN2O4/c1-18(2)37-25-16-24(32)26(38-22-10-6-19(3)7-11-22)15-23(25)29(35)34-28-21-9-8-20(14-21)27(28)30(36)33-17-31(4)12-5-13-31/h15-16,18-22,27-28H,5-14,17H2,1-4H3,(H,33,36)(H,34,35). The third-order valence-electron chi connectivity index (χ3n) is 9.66. The van der Waals surface area contributed by atoms with E-state index in [-0.39, 0.29) is 64.4 Å². The van der Waals surface area contributed by atoms with E-state index in [4.69, 9.17) is 9.47 Å². The van der Waals surface area contributed by atoms with Gasteiger partial charge in [-0.3, -0.25) is 9.59 Å². The van der Waals surface area contributed by atoms with Crippen LogP contribution in [0.2, 0.25) is 0 Å². The Bertz CT molecular complexity index is 1030. The molecule has 210 valence electrons. The Labute approximate surface area is 226 Å². The van der Waals surface area contributed by atoms with Gasteiger partial charge in [0, 0.05) is 18.7 Å². The number of ether oxygens (including phenoxy) is 2. The first-order chi connectivity index (χ1) is 18.1. The van der Waals surface area contributed by atoms with Crippen molar-refractivity contribution in [3.63, 3.8) is 0 Å². The van der Waals surface area contributed by atoms with Gasteiger partial charge in [-0.15, -0.1) is 0 Å². The molecule has 2 N–H and O–H groups in total. The number of benzene rings is 1. The number of rotatable bonds is 9. The average molecular weight is 529 g/mol. The van der Waals surface area contributed by atoms with Crippen molar-refractivity contribution >= 4 is 11.8 Å². The topological polar surface area (TPSA) is 76.7 Å². The maximum atomic E-state index is 15.1. The normalized spacial score (nSPS) is 31.5. The summed E-state index contributed by atoms with van der Waals surface area (Å²) in [4.78, 5) is 27.1. The summed E-state index contributed by atoms with van der Waals surface area (Å²) in [5, 5.41) is 6.41. The molecule has 0 spiro atoms. The van der Waals surface area contributed by atoms with Gasteiger partial charge < -0.3 is 20.1 Å². The highest BCUT2D eigenvalue weighted by molar-refractivity contribution is 5.98. The Morgan fingerprint density at radius 1 is 1.05 bits per heavy atom. The average Bonchev–Trinajstić information content (AvgIpc) is 3.46. The van der Waals surface area contributed by atoms with Crippen molar-refractivity contribution in [1.82, 2.24) is 10.6 Å². The van der Waals surface area contributed by atoms with Crippen molar-refractivity contribution in [1.29, 1.82) is 0 Å². The van der Waals surface area contributed by atoms with Crippen LogP contribution < -0.4 is 20.1 Å². The summed E-state index contributed by atoms with van der Waals surface area (Å²) in [5.74, 6) is 0.539. The van der Waals surface area contributed by atoms with Crippen LogP contribution in [0.3, 0.4) is 0 Å². The number of fused-ring (bicyclic) bond motifs is 2. The maximum Gasteiger partial charge on any atom is 0.255 e. The number of carbonyl (C=O) groups is 2. The van der Waals surface area contributed by atoms with E-state index in [1.54, 1.807) is 0 Å². The second kappa shape index (κ2) is 11.1. The zero-order valence-electron chi connectivity index (χ0n) is 23.5. The molecule has 1 aromatic rings. The lowest BCUT2D eigenvalue weighted by molar-refractivity contribution is -0.128. The molecule has 4 aliphatic rings. The van der Waals surface area contributed by atoms with Gasteiger partial charge >= 0.3 is 0 Å². The molecule has 2 amide bonds. The summed E-state index contributed by atoms with van der Waals surface area (Å²) in [6.45, 7) is 8.87. The number of hydrogen-bond donors (Lipinski definition) is 2. The fraction of sp³-hybridized carbons (Fsp3) is 0.742. The molecule has 4 atom stereocenters. The number of amides is 2. The molecule has 5 rings (SSSR count). The highest BCUT2D eigenvalue weighted by atomic mass is 19.1. The van der Waals surface area contributed by atoms with Crippen molar-refractivity contribution in [3.05, 3.63) is 23.5 Å². The van der Waals surface area contributed by atoms with Gasteiger partial charge in [0.15, 0.2) is 11.6 Å². The van der Waals surface area contributed by atoms with Crippen molar-refractivity contribution in [2.45, 2.75) is 110 Å². The lowest BCUT2D eigenvalue weighted by Gasteiger charge is -2.39. The molecule has 2 bridgehead atoms. The first kappa shape index (κ1) is 27.3. The Hall–Kier alpha value is -2.31. The minimum absolute atomic E-state index is 0.0513. The van der Waals surface area contributed by atoms with Crippen LogP contribution in [0.25, 0.3) is 0 Å². The van der Waals surface area contributed by atoms with Crippen LogP contribution in [0.15, 0.2) is 12.1 Å². The van der Waals surface area contributed by atoms with Gasteiger partial charge in [0.25, 0.3) is 5.91 Å². The quantitative estimate of drug-likeness (QED) is 0.411. The Balaban J connectivity index is 1.33. The fourth-order valence-electron chi connectivity index (χ4n) is 7.16. The highest BCUT2D eigenvalue weighted by Crippen LogP contribution is 2.49. The van der Waals surface area contributed by atoms with E-state index in [2.05, 4.69) is 24.5 Å². The summed E-state index contributed by atoms with van der Waals surface area (Å²) < 4.78 is 27.0. The maximum absolute atomic E-state index is 15.1. The van der Waals surface area contributed by atoms with E-state index in [1.807, 2.05) is 13.8 Å². The minimum atomic E-state index is -0.516. The number of nitrogens with one attached hydrogen (secondary N) is 2. The lowest BCUT2D eigenvalue weighted by atomic mass is 9.70. The second-order valence-electron chi connectivity index (χ2n) is 13.2. The number of halogens is 1. The lowest BCUT2D eigenvalue weighted by Crippen LogP contribution is -2.51. The summed E-state index contributed by atoms with van der Waals surface area (Å²) in [6.07, 6.45) is 10.1. The van der Waals surface area contributed by atoms with Crippen molar-refractivity contribution in [2.24, 2.45) is 29.1 Å². The fourth-order valence-corrected chi connectivity index (χ4v) is 7.16. The molecule has 0 aromatic heterocycles. The van der Waals surface area contributed by atoms with Gasteiger partial charge in [0.1, 0.15) is 5.75 Å². The van der Waals surface area contributed by atoms with Gasteiger partial charge in [-0.2, -0.15) is 0 Å². The van der Waals surface area contributed by atoms with Gasteiger partial charge in [0.2, 0.25) is 5.91 Å². The zero-order valence-corrected chi connectivity index (χ0v) is 23.5. The predicted octanol–water partition coefficient (Wildman–Crippen LogP) is 6.02. The van der Waals surface area contributed by atoms with Gasteiger partial charge in [-0.1, -0.05) is 20.3 Å². The van der Waals surface area contributed by atoms with Crippen LogP contribution in [-0.2, 0) is 4.79 Å². The van der Waals surface area contributed by atoms with Gasteiger partial charge in [0.05, 0.1) is 23.7 Å². The third-order valence-corrected chi connectivity index (χ3v) is 9.66. The van der Waals surface area contributed by atoms with Crippen LogP contribution in [0, 0.1) is 34.9 Å². The van der Waals surface area contributed by atoms with Crippen LogP contribution in [0.5, 0.6) is 11.5 Å². The van der Waals surface area contributed by atoms with Gasteiger partial charge in [-0.25, -0.2) is 4.39 Å². The van der Waals surface area contributed by atoms with E-state index < -0.39 is 5.82 Å². The zero-order chi connectivity index (χ0) is 27.0. The van der Waals surface area contributed by atoms with Crippen LogP contribution in [-0.4, -0.2) is 36.6 Å². The first-order valence-corrected chi connectivity index (χ1v) is 14.9. The molecule has 0 aliphatic heterocycles. The van der Waals surface area contributed by atoms with Crippen LogP contribution in [0.4, 0.5) is 4.39 Å². The van der Waals surface area contributed by atoms with E-state index in [1.165, 1.54) is 18.6 Å². The molecule has 38 heavy (non-hydrogen) atoms. The van der Waals surface area contributed by atoms with E-state index in [0.29, 0.717) is 18.4 Å². The second-order valence-corrected chi connectivity index (χ2v) is 13.2. The predicted molar refractivity (Wildman–Crippen MR) is 145 cm³/mol. The molecule has 6 nitrogen and oxygen atoms in total. The van der Waals surface area contributed by atoms with Crippen molar-refractivity contribution < 1.29 is 23.5 Å². The van der Waals surface area contributed by atoms with Crippen molar-refractivity contribution in [3.8, 4) is 11.5 Å². The molecular weight excluding hydrogens is 483 g/mol. The first-order valence-electron chi connectivity index (χ1n) is 14.9. The van der Waals surface area contributed by atoms with E-state index >= 15 is 4.39 Å². The smallest absolute Gasteiger partial charge is 0.255 e. The van der Waals surface area contributed by atoms with Gasteiger partial charge in [-0.05, 0) is 101 Å². The summed E-state index contributed by atoms with van der Waals surface area (Å²) in [5.41, 5.74) is 0.471. The summed E-state index contributed by atoms with van der Waals surface area (Å²) in [7, 11) is 0. The summed E-state index contributed by atoms with van der Waals surface area (Å²) in [6, 6.07) is 2.55. The Kier molecular flexibility index (Phi) is 7.93. The van der Waals surface area contributed by atoms with E-state index in [9.17, 15) is 9.59 Å². The monoisotopic (exact) mass is 528 g/mol. The molecular formula is C31H45FN2O4. The molecule has 4 fully saturated rings. The third kappa shape index (κ3) is 5.81. The largest absolute Gasteiger partial charge is 0.490 e. The van der Waals surface area contributed by atoms with E-state index in [0.717, 1.165) is 57.8 Å². The number of carbonyl (C=O) groups excluding carboxylic acids is 2. The molecule has 1 aromatic carbocycles.